The molecular formula is C23H35IN4O3. The Labute approximate surface area is 202 Å². The Morgan fingerprint density at radius 3 is 2.58 bits per heavy atom. The van der Waals surface area contributed by atoms with Gasteiger partial charge in [0.1, 0.15) is 5.75 Å². The molecule has 2 aromatic rings. The molecule has 0 unspecified atom stereocenters. The first kappa shape index (κ1) is 25.5. The third-order valence-electron chi connectivity index (χ3n) is 5.79. The molecule has 1 aliphatic heterocycles. The van der Waals surface area contributed by atoms with Crippen LogP contribution in [0.3, 0.4) is 0 Å². The summed E-state index contributed by atoms with van der Waals surface area (Å²) in [6.45, 7) is 9.06. The van der Waals surface area contributed by atoms with Gasteiger partial charge >= 0.3 is 0 Å². The maximum atomic E-state index is 5.70. The molecule has 0 radical (unpaired) electrons. The normalized spacial score (nSPS) is 16.0. The predicted octanol–water partition coefficient (Wildman–Crippen LogP) is 4.15. The fourth-order valence-corrected chi connectivity index (χ4v) is 3.87. The number of aromatic nitrogens is 1. The zero-order valence-electron chi connectivity index (χ0n) is 19.2. The number of aryl methyl sites for hydroxylation is 1. The minimum atomic E-state index is -0.0791. The van der Waals surface area contributed by atoms with Gasteiger partial charge in [-0.25, -0.2) is 0 Å². The van der Waals surface area contributed by atoms with E-state index < -0.39 is 0 Å². The fraction of sp³-hybridized carbons (Fsp3) is 0.565. The lowest BCUT2D eigenvalue weighted by Crippen LogP contribution is -2.48. The van der Waals surface area contributed by atoms with Crippen molar-refractivity contribution in [3.8, 4) is 5.75 Å². The first-order valence-corrected chi connectivity index (χ1v) is 10.6. The summed E-state index contributed by atoms with van der Waals surface area (Å²) < 4.78 is 16.8. The van der Waals surface area contributed by atoms with Crippen LogP contribution in [0.15, 0.2) is 33.8 Å². The van der Waals surface area contributed by atoms with Gasteiger partial charge in [-0.15, -0.1) is 24.0 Å². The highest BCUT2D eigenvalue weighted by molar-refractivity contribution is 14.0. The average molecular weight is 542 g/mol. The van der Waals surface area contributed by atoms with E-state index in [1.165, 1.54) is 11.1 Å². The number of nitrogens with one attached hydrogen (secondary N) is 2. The van der Waals surface area contributed by atoms with Crippen molar-refractivity contribution < 1.29 is 14.0 Å². The molecule has 0 saturated carbocycles. The van der Waals surface area contributed by atoms with E-state index in [0.717, 1.165) is 55.8 Å². The van der Waals surface area contributed by atoms with Gasteiger partial charge in [-0.05, 0) is 31.7 Å². The minimum absolute atomic E-state index is 0. The van der Waals surface area contributed by atoms with E-state index in [0.29, 0.717) is 12.5 Å². The third-order valence-corrected chi connectivity index (χ3v) is 5.79. The summed E-state index contributed by atoms with van der Waals surface area (Å²) >= 11 is 0. The second-order valence-electron chi connectivity index (χ2n) is 8.25. The second-order valence-corrected chi connectivity index (χ2v) is 8.25. The Morgan fingerprint density at radius 1 is 1.23 bits per heavy atom. The van der Waals surface area contributed by atoms with E-state index in [4.69, 9.17) is 14.0 Å². The van der Waals surface area contributed by atoms with Crippen LogP contribution < -0.4 is 15.4 Å². The molecule has 1 saturated heterocycles. The lowest BCUT2D eigenvalue weighted by Gasteiger charge is -2.39. The molecule has 0 bridgehead atoms. The van der Waals surface area contributed by atoms with E-state index in [1.54, 1.807) is 14.2 Å². The van der Waals surface area contributed by atoms with Gasteiger partial charge in [0.25, 0.3) is 0 Å². The highest BCUT2D eigenvalue weighted by atomic mass is 127. The van der Waals surface area contributed by atoms with Crippen LogP contribution in [-0.4, -0.2) is 45.0 Å². The monoisotopic (exact) mass is 542 g/mol. The highest BCUT2D eigenvalue weighted by Gasteiger charge is 2.37. The third kappa shape index (κ3) is 6.35. The number of rotatable bonds is 7. The predicted molar refractivity (Wildman–Crippen MR) is 134 cm³/mol. The van der Waals surface area contributed by atoms with Gasteiger partial charge < -0.3 is 24.6 Å². The Morgan fingerprint density at radius 2 is 1.97 bits per heavy atom. The van der Waals surface area contributed by atoms with Crippen molar-refractivity contribution >= 4 is 29.9 Å². The molecule has 0 amide bonds. The summed E-state index contributed by atoms with van der Waals surface area (Å²) in [5, 5.41) is 11.0. The van der Waals surface area contributed by atoms with Crippen molar-refractivity contribution in [3.05, 3.63) is 46.8 Å². The molecule has 0 atom stereocenters. The van der Waals surface area contributed by atoms with Gasteiger partial charge in [0.15, 0.2) is 11.7 Å². The molecule has 1 aliphatic rings. The van der Waals surface area contributed by atoms with E-state index in [2.05, 4.69) is 59.8 Å². The van der Waals surface area contributed by atoms with Gasteiger partial charge in [-0.1, -0.05) is 36.7 Å². The number of nitrogens with zero attached hydrogens (tertiary/aromatic N) is 2. The van der Waals surface area contributed by atoms with Crippen LogP contribution in [0.1, 0.15) is 55.2 Å². The van der Waals surface area contributed by atoms with Crippen molar-refractivity contribution in [1.82, 2.24) is 15.8 Å². The van der Waals surface area contributed by atoms with Crippen LogP contribution in [0.5, 0.6) is 5.75 Å². The number of hydrogen-bond acceptors (Lipinski definition) is 5. The van der Waals surface area contributed by atoms with Gasteiger partial charge in [0, 0.05) is 43.9 Å². The Kier molecular flexibility index (Phi) is 9.61. The first-order valence-electron chi connectivity index (χ1n) is 10.6. The standard InChI is InChI=1S/C23H34N4O3.HI/c1-16(2)20-13-18(30-27-20)14-25-22(24-4)26-15-23(8-10-29-11-9-23)19-12-17(3)6-7-21(19)28-5;/h6-7,12-13,16H,8-11,14-15H2,1-5H3,(H2,24,25,26);1H. The van der Waals surface area contributed by atoms with Gasteiger partial charge in [0.2, 0.25) is 0 Å². The quantitative estimate of drug-likeness (QED) is 0.311. The molecule has 1 fully saturated rings. The number of aliphatic imine (C=N–C) groups is 1. The summed E-state index contributed by atoms with van der Waals surface area (Å²) in [4.78, 5) is 4.38. The molecule has 1 aromatic carbocycles. The molecule has 8 heteroatoms. The summed E-state index contributed by atoms with van der Waals surface area (Å²) in [6.07, 6.45) is 1.85. The summed E-state index contributed by atoms with van der Waals surface area (Å²) in [7, 11) is 3.51. The average Bonchev–Trinajstić information content (AvgIpc) is 3.24. The van der Waals surface area contributed by atoms with Crippen molar-refractivity contribution in [2.75, 3.05) is 33.9 Å². The number of hydrogen-bond donors (Lipinski definition) is 2. The summed E-state index contributed by atoms with van der Waals surface area (Å²) in [5.41, 5.74) is 3.34. The maximum absolute atomic E-state index is 5.70. The van der Waals surface area contributed by atoms with E-state index >= 15 is 0 Å². The van der Waals surface area contributed by atoms with Crippen LogP contribution in [0.25, 0.3) is 0 Å². The molecule has 0 spiro atoms. The topological polar surface area (TPSA) is 80.9 Å². The Bertz CT molecular complexity index is 860. The number of benzene rings is 1. The molecule has 0 aliphatic carbocycles. The molecule has 172 valence electrons. The number of ether oxygens (including phenoxy) is 2. The lowest BCUT2D eigenvalue weighted by molar-refractivity contribution is 0.0505. The lowest BCUT2D eigenvalue weighted by atomic mass is 9.73. The number of guanidine groups is 1. The molecular weight excluding hydrogens is 507 g/mol. The van der Waals surface area contributed by atoms with Crippen LogP contribution in [-0.2, 0) is 16.7 Å². The molecule has 1 aromatic heterocycles. The van der Waals surface area contributed by atoms with Crippen molar-refractivity contribution in [2.45, 2.75) is 51.5 Å². The molecule has 31 heavy (non-hydrogen) atoms. The van der Waals surface area contributed by atoms with E-state index in [1.807, 2.05) is 6.07 Å². The van der Waals surface area contributed by atoms with Crippen molar-refractivity contribution in [3.63, 3.8) is 0 Å². The van der Waals surface area contributed by atoms with Gasteiger partial charge in [0.05, 0.1) is 19.3 Å². The second kappa shape index (κ2) is 11.7. The Hall–Kier alpha value is -1.81. The largest absolute Gasteiger partial charge is 0.496 e. The summed E-state index contributed by atoms with van der Waals surface area (Å²) in [5.74, 6) is 2.80. The molecule has 3 rings (SSSR count). The molecule has 2 N–H and O–H groups in total. The van der Waals surface area contributed by atoms with Crippen LogP contribution >= 0.6 is 24.0 Å². The van der Waals surface area contributed by atoms with Crippen LogP contribution in [0.4, 0.5) is 0 Å². The zero-order valence-corrected chi connectivity index (χ0v) is 21.5. The van der Waals surface area contributed by atoms with Crippen LogP contribution in [0.2, 0.25) is 0 Å². The highest BCUT2D eigenvalue weighted by Crippen LogP contribution is 2.40. The smallest absolute Gasteiger partial charge is 0.191 e. The molecule has 7 nitrogen and oxygen atoms in total. The minimum Gasteiger partial charge on any atom is -0.496 e. The van der Waals surface area contributed by atoms with E-state index in [9.17, 15) is 0 Å². The molecule has 2 heterocycles. The van der Waals surface area contributed by atoms with Crippen molar-refractivity contribution in [2.24, 2.45) is 4.99 Å². The Balaban J connectivity index is 0.00000341. The fourth-order valence-electron chi connectivity index (χ4n) is 3.87. The summed E-state index contributed by atoms with van der Waals surface area (Å²) in [6, 6.07) is 8.38. The van der Waals surface area contributed by atoms with Gasteiger partial charge in [-0.2, -0.15) is 0 Å². The van der Waals surface area contributed by atoms with E-state index in [-0.39, 0.29) is 29.4 Å². The SMILES string of the molecule is CN=C(NCc1cc(C(C)C)no1)NCC1(c2cc(C)ccc2OC)CCOCC1.I. The number of halogens is 1. The number of methoxy groups -OCH3 is 1. The maximum Gasteiger partial charge on any atom is 0.191 e. The van der Waals surface area contributed by atoms with Crippen LogP contribution in [0, 0.1) is 6.92 Å². The zero-order chi connectivity index (χ0) is 21.6. The first-order chi connectivity index (χ1) is 14.5. The van der Waals surface area contributed by atoms with Crippen molar-refractivity contribution in [1.29, 1.82) is 0 Å². The van der Waals surface area contributed by atoms with Gasteiger partial charge in [-0.3, -0.25) is 4.99 Å².